The van der Waals surface area contributed by atoms with E-state index in [1.807, 2.05) is 65.0 Å². The van der Waals surface area contributed by atoms with E-state index in [2.05, 4.69) is 6.92 Å². The summed E-state index contributed by atoms with van der Waals surface area (Å²) in [6.07, 6.45) is 2.05. The molecule has 3 saturated heterocycles. The Morgan fingerprint density at radius 2 is 0.970 bits per heavy atom. The molecular formula is C51H82O16. The van der Waals surface area contributed by atoms with E-state index in [0.717, 1.165) is 69.8 Å². The van der Waals surface area contributed by atoms with Crippen molar-refractivity contribution in [3.63, 3.8) is 0 Å². The van der Waals surface area contributed by atoms with Crippen molar-refractivity contribution in [2.75, 3.05) is 19.8 Å². The van der Waals surface area contributed by atoms with Crippen LogP contribution in [0.5, 0.6) is 0 Å². The third-order valence-electron chi connectivity index (χ3n) is 11.8. The summed E-state index contributed by atoms with van der Waals surface area (Å²) in [6, 6.07) is 9.82. The zero-order chi connectivity index (χ0) is 48.7. The van der Waals surface area contributed by atoms with Gasteiger partial charge in [0.25, 0.3) is 0 Å². The largest absolute Gasteiger partial charge is 0.463 e. The van der Waals surface area contributed by atoms with Crippen molar-refractivity contribution >= 4 is 23.9 Å². The molecule has 0 bridgehead atoms. The van der Waals surface area contributed by atoms with Crippen LogP contribution in [0.15, 0.2) is 30.3 Å². The molecular weight excluding hydrogens is 869 g/mol. The molecule has 0 spiro atoms. The van der Waals surface area contributed by atoms with Gasteiger partial charge in [0.2, 0.25) is 6.29 Å². The lowest BCUT2D eigenvalue weighted by Gasteiger charge is -2.43. The second kappa shape index (κ2) is 29.7. The Hall–Kier alpha value is -3.22. The van der Waals surface area contributed by atoms with Gasteiger partial charge in [-0.1, -0.05) is 122 Å². The van der Waals surface area contributed by atoms with E-state index < -0.39 is 90.6 Å². The Morgan fingerprint density at radius 1 is 0.507 bits per heavy atom. The van der Waals surface area contributed by atoms with Crippen molar-refractivity contribution in [3.05, 3.63) is 35.9 Å². The first-order valence-electron chi connectivity index (χ1n) is 25.2. The quantitative estimate of drug-likeness (QED) is 0.0219. The van der Waals surface area contributed by atoms with Gasteiger partial charge in [-0.3, -0.25) is 19.2 Å². The molecule has 0 aliphatic carbocycles. The fourth-order valence-electron chi connectivity index (χ4n) is 8.38. The van der Waals surface area contributed by atoms with E-state index in [1.54, 1.807) is 13.8 Å². The van der Waals surface area contributed by atoms with Gasteiger partial charge in [-0.2, -0.15) is 0 Å². The summed E-state index contributed by atoms with van der Waals surface area (Å²) in [5.74, 6) is -4.23. The van der Waals surface area contributed by atoms with Crippen LogP contribution in [0.1, 0.15) is 177 Å². The first kappa shape index (κ1) is 56.4. The molecule has 0 aromatic heterocycles. The van der Waals surface area contributed by atoms with Gasteiger partial charge in [0.05, 0.1) is 13.2 Å². The van der Waals surface area contributed by atoms with Crippen LogP contribution in [0, 0.1) is 0 Å². The van der Waals surface area contributed by atoms with Crippen LogP contribution in [0.4, 0.5) is 0 Å². The average molecular weight is 951 g/mol. The molecule has 16 nitrogen and oxygen atoms in total. The van der Waals surface area contributed by atoms with Crippen molar-refractivity contribution in [2.45, 2.75) is 244 Å². The number of carbonyl (C=O) groups excluding carboxylic acids is 4. The van der Waals surface area contributed by atoms with Gasteiger partial charge in [-0.05, 0) is 58.9 Å². The second-order valence-corrected chi connectivity index (χ2v) is 18.8. The highest BCUT2D eigenvalue weighted by Gasteiger charge is 2.56. The third kappa shape index (κ3) is 20.0. The summed E-state index contributed by atoms with van der Waals surface area (Å²) >= 11 is 0. The maximum atomic E-state index is 13.7. The molecule has 0 radical (unpaired) electrons. The predicted octanol–water partition coefficient (Wildman–Crippen LogP) is 9.30. The molecule has 67 heavy (non-hydrogen) atoms. The van der Waals surface area contributed by atoms with E-state index in [1.165, 1.54) is 0 Å². The molecule has 0 amide bonds. The summed E-state index contributed by atoms with van der Waals surface area (Å²) in [4.78, 5) is 65.7. The molecule has 1 aromatic carbocycles. The van der Waals surface area contributed by atoms with Crippen molar-refractivity contribution in [3.8, 4) is 0 Å². The Kier molecular flexibility index (Phi) is 25.0. The van der Waals surface area contributed by atoms with E-state index in [4.69, 9.17) is 57.1 Å². The lowest BCUT2D eigenvalue weighted by molar-refractivity contribution is -0.429. The summed E-state index contributed by atoms with van der Waals surface area (Å²) < 4.78 is 62.1. The predicted molar refractivity (Wildman–Crippen MR) is 246 cm³/mol. The molecule has 0 saturated carbocycles. The minimum atomic E-state index is -1.55. The number of esters is 4. The van der Waals surface area contributed by atoms with Crippen LogP contribution < -0.4 is 0 Å². The number of rotatable bonds is 32. The molecule has 3 aliphatic heterocycles. The SMILES string of the molecule is CCCCCCCC(=O)O[C@@H]1[C@H](OOC[C@H]2OC(C)(C)O[C@H]2[C@@H]2OC(C)(C)O[C@@H]2COCc2ccccc2)O[C@H](COC(=O)CCCCC)[C@@H](OC(=O)CCCCC)[C@@H]1OC(=O)CCCCC. The topological polar surface area (TPSA) is 179 Å². The molecule has 382 valence electrons. The number of ether oxygens (including phenoxy) is 10. The average Bonchev–Trinajstić information content (AvgIpc) is 3.77. The van der Waals surface area contributed by atoms with Gasteiger partial charge in [0.1, 0.15) is 43.7 Å². The van der Waals surface area contributed by atoms with Crippen LogP contribution >= 0.6 is 0 Å². The van der Waals surface area contributed by atoms with Gasteiger partial charge in [0.15, 0.2) is 29.9 Å². The zero-order valence-electron chi connectivity index (χ0n) is 41.7. The zero-order valence-corrected chi connectivity index (χ0v) is 41.7. The first-order valence-corrected chi connectivity index (χ1v) is 25.2. The lowest BCUT2D eigenvalue weighted by Crippen LogP contribution is -2.63. The Morgan fingerprint density at radius 3 is 1.52 bits per heavy atom. The lowest BCUT2D eigenvalue weighted by atomic mass is 9.98. The molecule has 3 heterocycles. The number of carbonyl (C=O) groups is 4. The molecule has 3 aliphatic rings. The van der Waals surface area contributed by atoms with Gasteiger partial charge in [-0.15, -0.1) is 0 Å². The van der Waals surface area contributed by atoms with E-state index in [-0.39, 0.29) is 45.5 Å². The number of hydrogen-bond acceptors (Lipinski definition) is 16. The number of unbranched alkanes of at least 4 members (excludes halogenated alkanes) is 10. The molecule has 16 heteroatoms. The third-order valence-corrected chi connectivity index (χ3v) is 11.8. The highest BCUT2D eigenvalue weighted by Crippen LogP contribution is 2.39. The smallest absolute Gasteiger partial charge is 0.306 e. The maximum Gasteiger partial charge on any atom is 0.306 e. The van der Waals surface area contributed by atoms with Crippen LogP contribution in [0.25, 0.3) is 0 Å². The maximum absolute atomic E-state index is 13.7. The van der Waals surface area contributed by atoms with Gasteiger partial charge in [-0.25, -0.2) is 9.78 Å². The van der Waals surface area contributed by atoms with Crippen LogP contribution in [0.2, 0.25) is 0 Å². The fraction of sp³-hybridized carbons (Fsp3) is 0.804. The van der Waals surface area contributed by atoms with Crippen molar-refractivity contribution < 1.29 is 76.3 Å². The summed E-state index contributed by atoms with van der Waals surface area (Å²) in [7, 11) is 0. The van der Waals surface area contributed by atoms with Gasteiger partial charge in [0, 0.05) is 25.7 Å². The number of hydrogen-bond donors (Lipinski definition) is 0. The van der Waals surface area contributed by atoms with E-state index in [0.29, 0.717) is 32.3 Å². The van der Waals surface area contributed by atoms with E-state index in [9.17, 15) is 19.2 Å². The van der Waals surface area contributed by atoms with Crippen molar-refractivity contribution in [1.29, 1.82) is 0 Å². The number of benzene rings is 1. The molecule has 3 fully saturated rings. The first-order chi connectivity index (χ1) is 32.2. The van der Waals surface area contributed by atoms with Crippen LogP contribution in [0.3, 0.4) is 0 Å². The van der Waals surface area contributed by atoms with E-state index >= 15 is 0 Å². The second-order valence-electron chi connectivity index (χ2n) is 18.8. The van der Waals surface area contributed by atoms with Gasteiger partial charge < -0.3 is 47.4 Å². The highest BCUT2D eigenvalue weighted by molar-refractivity contribution is 5.72. The van der Waals surface area contributed by atoms with Crippen LogP contribution in [-0.4, -0.2) is 110 Å². The standard InChI is InChI=1S/C51H82O16/c1-9-13-17-18-25-31-43(55)62-48-47(61-42(54)30-22-16-12-4)44(60-41(53)29-21-15-11-3)37(34-57-40(52)28-20-14-10-2)59-49(48)67-58-35-39-46(66-51(7,8)64-39)45-38(63-50(5,6)65-45)33-56-32-36-26-23-19-24-27-36/h19,23-24,26-27,37-39,44-49H,9-18,20-22,25,28-35H2,1-8H3/t37-,38-,39-,44-,45-,46-,47+,48+,49+/m1/s1. The Balaban J connectivity index is 1.62. The minimum Gasteiger partial charge on any atom is -0.463 e. The monoisotopic (exact) mass is 951 g/mol. The fourth-order valence-corrected chi connectivity index (χ4v) is 8.38. The highest BCUT2D eigenvalue weighted by atomic mass is 17.2. The summed E-state index contributed by atoms with van der Waals surface area (Å²) in [6.45, 7) is 15.4. The normalized spacial score (nSPS) is 26.5. The van der Waals surface area contributed by atoms with Gasteiger partial charge >= 0.3 is 23.9 Å². The molecule has 9 atom stereocenters. The molecule has 0 N–H and O–H groups in total. The van der Waals surface area contributed by atoms with Crippen molar-refractivity contribution in [2.24, 2.45) is 0 Å². The Labute approximate surface area is 399 Å². The van der Waals surface area contributed by atoms with Crippen LogP contribution in [-0.2, 0) is 82.9 Å². The van der Waals surface area contributed by atoms with Crippen molar-refractivity contribution in [1.82, 2.24) is 0 Å². The summed E-state index contributed by atoms with van der Waals surface area (Å²) in [5, 5.41) is 0. The Bertz CT molecular complexity index is 1590. The molecule has 1 aromatic rings. The summed E-state index contributed by atoms with van der Waals surface area (Å²) in [5.41, 5.74) is 1.01. The molecule has 0 unspecified atom stereocenters. The minimum absolute atomic E-state index is 0.0673. The molecule has 4 rings (SSSR count).